The van der Waals surface area contributed by atoms with Crippen molar-refractivity contribution in [2.45, 2.75) is 19.6 Å². The Kier molecular flexibility index (Phi) is 3.63. The monoisotopic (exact) mass is 298 g/mol. The van der Waals surface area contributed by atoms with Crippen molar-refractivity contribution in [3.63, 3.8) is 0 Å². The third-order valence-corrected chi connectivity index (χ3v) is 3.70. The molecule has 0 saturated carbocycles. The van der Waals surface area contributed by atoms with E-state index in [1.165, 1.54) is 0 Å². The number of benzene rings is 2. The van der Waals surface area contributed by atoms with Crippen molar-refractivity contribution < 1.29 is 14.6 Å². The van der Waals surface area contributed by atoms with Gasteiger partial charge in [-0.05, 0) is 36.8 Å². The number of aromatic carboxylic acids is 1. The molecular formula is C17H18N2O3. The molecule has 114 valence electrons. The molecule has 0 bridgehead atoms. The van der Waals surface area contributed by atoms with E-state index in [0.717, 1.165) is 17.0 Å². The third kappa shape index (κ3) is 2.70. The Hall–Kier alpha value is -2.69. The van der Waals surface area contributed by atoms with Crippen molar-refractivity contribution in [2.24, 2.45) is 0 Å². The van der Waals surface area contributed by atoms with Gasteiger partial charge >= 0.3 is 5.97 Å². The number of para-hydroxylation sites is 1. The maximum atomic E-state index is 11.1. The van der Waals surface area contributed by atoms with Crippen molar-refractivity contribution in [2.75, 3.05) is 17.2 Å². The Morgan fingerprint density at radius 2 is 2.14 bits per heavy atom. The van der Waals surface area contributed by atoms with Crippen LogP contribution in [0.3, 0.4) is 0 Å². The molecule has 0 saturated heterocycles. The minimum atomic E-state index is -0.919. The zero-order valence-electron chi connectivity index (χ0n) is 12.3. The zero-order valence-corrected chi connectivity index (χ0v) is 12.3. The normalized spacial score (nSPS) is 16.8. The highest BCUT2D eigenvalue weighted by atomic mass is 16.5. The SMILES string of the molecule is CC1CN(Cc2cccc(C(=O)O)c2)c2c(N)cccc2O1. The summed E-state index contributed by atoms with van der Waals surface area (Å²) >= 11 is 0. The standard InChI is InChI=1S/C17H18N2O3/c1-11-9-19(16-14(18)6-3-7-15(16)22-11)10-12-4-2-5-13(8-12)17(20)21/h2-8,11H,9-10,18H2,1H3,(H,20,21). The second-order valence-corrected chi connectivity index (χ2v) is 5.51. The fraction of sp³-hybridized carbons (Fsp3) is 0.235. The highest BCUT2D eigenvalue weighted by molar-refractivity contribution is 5.87. The van der Waals surface area contributed by atoms with E-state index < -0.39 is 5.97 Å². The number of carboxylic acids is 1. The molecule has 1 aliphatic rings. The van der Waals surface area contributed by atoms with Crippen LogP contribution in [0.25, 0.3) is 0 Å². The molecule has 0 aliphatic carbocycles. The van der Waals surface area contributed by atoms with Crippen LogP contribution < -0.4 is 15.4 Å². The molecule has 5 nitrogen and oxygen atoms in total. The number of anilines is 2. The van der Waals surface area contributed by atoms with Crippen molar-refractivity contribution in [1.29, 1.82) is 0 Å². The molecule has 1 unspecified atom stereocenters. The summed E-state index contributed by atoms with van der Waals surface area (Å²) in [5, 5.41) is 9.11. The van der Waals surface area contributed by atoms with Gasteiger partial charge in [-0.1, -0.05) is 18.2 Å². The minimum absolute atomic E-state index is 0.0527. The van der Waals surface area contributed by atoms with E-state index in [9.17, 15) is 4.79 Å². The molecule has 1 atom stereocenters. The number of ether oxygens (including phenoxy) is 1. The van der Waals surface area contributed by atoms with Crippen LogP contribution >= 0.6 is 0 Å². The first-order valence-corrected chi connectivity index (χ1v) is 7.17. The average molecular weight is 298 g/mol. The van der Waals surface area contributed by atoms with Gasteiger partial charge in [0.25, 0.3) is 0 Å². The van der Waals surface area contributed by atoms with E-state index in [4.69, 9.17) is 15.6 Å². The summed E-state index contributed by atoms with van der Waals surface area (Å²) in [7, 11) is 0. The molecule has 3 N–H and O–H groups in total. The molecule has 2 aromatic carbocycles. The van der Waals surface area contributed by atoms with Gasteiger partial charge in [0.05, 0.1) is 17.8 Å². The highest BCUT2D eigenvalue weighted by Gasteiger charge is 2.25. The van der Waals surface area contributed by atoms with Gasteiger partial charge in [-0.15, -0.1) is 0 Å². The molecule has 0 fully saturated rings. The van der Waals surface area contributed by atoms with Crippen LogP contribution in [0.1, 0.15) is 22.8 Å². The summed E-state index contributed by atoms with van der Waals surface area (Å²) in [6.45, 7) is 3.31. The molecule has 22 heavy (non-hydrogen) atoms. The molecule has 2 aromatic rings. The third-order valence-electron chi connectivity index (χ3n) is 3.70. The van der Waals surface area contributed by atoms with Gasteiger partial charge < -0.3 is 20.5 Å². The topological polar surface area (TPSA) is 75.8 Å². The van der Waals surface area contributed by atoms with Crippen LogP contribution in [0.2, 0.25) is 0 Å². The highest BCUT2D eigenvalue weighted by Crippen LogP contribution is 2.38. The maximum Gasteiger partial charge on any atom is 0.335 e. The number of nitrogens with two attached hydrogens (primary N) is 1. The minimum Gasteiger partial charge on any atom is -0.487 e. The van der Waals surface area contributed by atoms with Crippen molar-refractivity contribution >= 4 is 17.3 Å². The number of rotatable bonds is 3. The summed E-state index contributed by atoms with van der Waals surface area (Å²) in [5.41, 5.74) is 8.86. The molecular weight excluding hydrogens is 280 g/mol. The van der Waals surface area contributed by atoms with Crippen LogP contribution in [0.4, 0.5) is 11.4 Å². The zero-order chi connectivity index (χ0) is 15.7. The van der Waals surface area contributed by atoms with Gasteiger partial charge in [-0.25, -0.2) is 4.79 Å². The van der Waals surface area contributed by atoms with Crippen LogP contribution in [0, 0.1) is 0 Å². The Bertz CT molecular complexity index is 715. The van der Waals surface area contributed by atoms with E-state index in [1.54, 1.807) is 18.2 Å². The van der Waals surface area contributed by atoms with Gasteiger partial charge in [0, 0.05) is 6.54 Å². The van der Waals surface area contributed by atoms with Crippen molar-refractivity contribution in [3.8, 4) is 5.75 Å². The number of hydrogen-bond donors (Lipinski definition) is 2. The number of carbonyl (C=O) groups is 1. The van der Waals surface area contributed by atoms with Crippen molar-refractivity contribution in [3.05, 3.63) is 53.6 Å². The lowest BCUT2D eigenvalue weighted by Crippen LogP contribution is -2.38. The smallest absolute Gasteiger partial charge is 0.335 e. The number of carboxylic acid groups (broad SMARTS) is 1. The summed E-state index contributed by atoms with van der Waals surface area (Å²) < 4.78 is 5.83. The molecule has 0 radical (unpaired) electrons. The first-order valence-electron chi connectivity index (χ1n) is 7.17. The maximum absolute atomic E-state index is 11.1. The lowest BCUT2D eigenvalue weighted by Gasteiger charge is -2.35. The molecule has 0 aromatic heterocycles. The fourth-order valence-corrected chi connectivity index (χ4v) is 2.80. The van der Waals surface area contributed by atoms with Crippen molar-refractivity contribution in [1.82, 2.24) is 0 Å². The van der Waals surface area contributed by atoms with E-state index in [2.05, 4.69) is 4.90 Å². The Morgan fingerprint density at radius 1 is 1.36 bits per heavy atom. The lowest BCUT2D eigenvalue weighted by atomic mass is 10.1. The second-order valence-electron chi connectivity index (χ2n) is 5.51. The van der Waals surface area contributed by atoms with E-state index in [1.807, 2.05) is 31.2 Å². The van der Waals surface area contributed by atoms with E-state index in [-0.39, 0.29) is 6.10 Å². The predicted molar refractivity (Wildman–Crippen MR) is 85.4 cm³/mol. The van der Waals surface area contributed by atoms with Gasteiger partial charge in [0.2, 0.25) is 0 Å². The Morgan fingerprint density at radius 3 is 2.91 bits per heavy atom. The lowest BCUT2D eigenvalue weighted by molar-refractivity contribution is 0.0696. The second kappa shape index (κ2) is 5.60. The number of hydrogen-bond acceptors (Lipinski definition) is 4. The first-order chi connectivity index (χ1) is 10.5. The Labute approximate surface area is 128 Å². The predicted octanol–water partition coefficient (Wildman–Crippen LogP) is 2.75. The molecule has 1 heterocycles. The number of fused-ring (bicyclic) bond motifs is 1. The quantitative estimate of drug-likeness (QED) is 0.852. The Balaban J connectivity index is 1.93. The first kappa shape index (κ1) is 14.3. The van der Waals surface area contributed by atoms with Crippen LogP contribution in [0.5, 0.6) is 5.75 Å². The largest absolute Gasteiger partial charge is 0.487 e. The van der Waals surface area contributed by atoms with Crippen LogP contribution in [0.15, 0.2) is 42.5 Å². The van der Waals surface area contributed by atoms with E-state index >= 15 is 0 Å². The molecule has 3 rings (SSSR count). The summed E-state index contributed by atoms with van der Waals surface area (Å²) in [6.07, 6.45) is 0.0527. The molecule has 5 heteroatoms. The van der Waals surface area contributed by atoms with Crippen LogP contribution in [-0.2, 0) is 6.54 Å². The fourth-order valence-electron chi connectivity index (χ4n) is 2.80. The van der Waals surface area contributed by atoms with Crippen LogP contribution in [-0.4, -0.2) is 23.7 Å². The number of nitrogens with zero attached hydrogens (tertiary/aromatic N) is 1. The summed E-state index contributed by atoms with van der Waals surface area (Å²) in [5.74, 6) is -0.148. The molecule has 1 aliphatic heterocycles. The van der Waals surface area contributed by atoms with E-state index in [0.29, 0.717) is 24.3 Å². The van der Waals surface area contributed by atoms with Gasteiger partial charge in [-0.2, -0.15) is 0 Å². The van der Waals surface area contributed by atoms with Gasteiger partial charge in [0.15, 0.2) is 0 Å². The summed E-state index contributed by atoms with van der Waals surface area (Å²) in [4.78, 5) is 13.2. The van der Waals surface area contributed by atoms with Gasteiger partial charge in [0.1, 0.15) is 17.5 Å². The van der Waals surface area contributed by atoms with Gasteiger partial charge in [-0.3, -0.25) is 0 Å². The number of nitrogen functional groups attached to an aromatic ring is 1. The molecule has 0 spiro atoms. The molecule has 0 amide bonds. The average Bonchev–Trinajstić information content (AvgIpc) is 2.47. The summed E-state index contributed by atoms with van der Waals surface area (Å²) in [6, 6.07) is 12.6.